The van der Waals surface area contributed by atoms with Gasteiger partial charge >= 0.3 is 12.1 Å². The third-order valence-corrected chi connectivity index (χ3v) is 12.6. The molecule has 0 saturated heterocycles. The summed E-state index contributed by atoms with van der Waals surface area (Å²) in [4.78, 5) is 57.2. The molecular formula is C36H50N4O9Si. The van der Waals surface area contributed by atoms with E-state index < -0.39 is 49.5 Å². The first-order valence-corrected chi connectivity index (χ1v) is 19.6. The second-order valence-electron chi connectivity index (χ2n) is 15.8. The van der Waals surface area contributed by atoms with Crippen LogP contribution >= 0.6 is 0 Å². The van der Waals surface area contributed by atoms with Gasteiger partial charge in [-0.2, -0.15) is 5.10 Å². The number of carbonyl (C=O) groups is 4. The van der Waals surface area contributed by atoms with Crippen LogP contribution in [0.5, 0.6) is 5.75 Å². The summed E-state index contributed by atoms with van der Waals surface area (Å²) in [5, 5.41) is 8.83. The lowest BCUT2D eigenvalue weighted by molar-refractivity contribution is -0.193. The van der Waals surface area contributed by atoms with Gasteiger partial charge in [0.1, 0.15) is 23.6 Å². The zero-order valence-corrected chi connectivity index (χ0v) is 31.9. The number of fused-ring (bicyclic) bond motifs is 2. The molecule has 1 aliphatic heterocycles. The Kier molecular flexibility index (Phi) is 11.2. The molecule has 1 aromatic heterocycles. The van der Waals surface area contributed by atoms with Gasteiger partial charge in [0, 0.05) is 18.1 Å². The van der Waals surface area contributed by atoms with Gasteiger partial charge in [-0.1, -0.05) is 32.9 Å². The molecule has 0 radical (unpaired) electrons. The summed E-state index contributed by atoms with van der Waals surface area (Å²) < 4.78 is 25.4. The number of nitrogens with zero attached hydrogens (tertiary/aromatic N) is 3. The standard InChI is InChI=1S/C36H50N4O9Si/c1-34(2,3)46-32(43)29(48-40-30(41)26-14-12-13-15-27(26)31(40)42)22-45-24-16-17-28-23(18-24)20-39(38-28)21-25(49-50(10,11)36(7,8)9)19-37-33(44)47-35(4,5)6/h12-18,20,25,29H,19,21-22H2,1-11H3,(H,37,44). The molecule has 2 atom stereocenters. The molecule has 0 bridgehead atoms. The Morgan fingerprint density at radius 2 is 1.48 bits per heavy atom. The van der Waals surface area contributed by atoms with Crippen molar-refractivity contribution in [3.8, 4) is 5.75 Å². The topological polar surface area (TPSA) is 148 Å². The number of aromatic nitrogens is 2. The molecule has 50 heavy (non-hydrogen) atoms. The van der Waals surface area contributed by atoms with Crippen molar-refractivity contribution >= 4 is 43.1 Å². The summed E-state index contributed by atoms with van der Waals surface area (Å²) >= 11 is 0. The maximum Gasteiger partial charge on any atom is 0.407 e. The smallest absolute Gasteiger partial charge is 0.407 e. The minimum atomic E-state index is -2.22. The van der Waals surface area contributed by atoms with Crippen LogP contribution in [0.4, 0.5) is 4.79 Å². The van der Waals surface area contributed by atoms with Gasteiger partial charge in [-0.05, 0) is 90.0 Å². The number of nitrogens with one attached hydrogen (secondary N) is 1. The van der Waals surface area contributed by atoms with Crippen molar-refractivity contribution in [1.29, 1.82) is 0 Å². The van der Waals surface area contributed by atoms with E-state index >= 15 is 0 Å². The van der Waals surface area contributed by atoms with Gasteiger partial charge in [-0.25, -0.2) is 14.4 Å². The van der Waals surface area contributed by atoms with Gasteiger partial charge in [0.2, 0.25) is 6.10 Å². The van der Waals surface area contributed by atoms with Crippen molar-refractivity contribution in [2.75, 3.05) is 13.2 Å². The lowest BCUT2D eigenvalue weighted by atomic mass is 10.1. The molecule has 14 heteroatoms. The summed E-state index contributed by atoms with van der Waals surface area (Å²) in [5.74, 6) is -1.75. The normalized spacial score (nSPS) is 15.1. The summed E-state index contributed by atoms with van der Waals surface area (Å²) in [6.45, 7) is 21.5. The summed E-state index contributed by atoms with van der Waals surface area (Å²) in [7, 11) is -2.22. The van der Waals surface area contributed by atoms with Crippen LogP contribution in [0.3, 0.4) is 0 Å². The van der Waals surface area contributed by atoms with Crippen LogP contribution in [-0.2, 0) is 30.1 Å². The van der Waals surface area contributed by atoms with Crippen LogP contribution < -0.4 is 10.1 Å². The molecule has 272 valence electrons. The van der Waals surface area contributed by atoms with Crippen LogP contribution in [0.1, 0.15) is 83.0 Å². The quantitative estimate of drug-likeness (QED) is 0.130. The average molecular weight is 711 g/mol. The molecule has 4 rings (SSSR count). The average Bonchev–Trinajstić information content (AvgIpc) is 3.48. The highest BCUT2D eigenvalue weighted by molar-refractivity contribution is 6.74. The van der Waals surface area contributed by atoms with E-state index in [1.165, 1.54) is 12.1 Å². The number of rotatable bonds is 12. The lowest BCUT2D eigenvalue weighted by Crippen LogP contribution is -2.48. The van der Waals surface area contributed by atoms with E-state index in [-0.39, 0.29) is 35.4 Å². The highest BCUT2D eigenvalue weighted by Gasteiger charge is 2.41. The Morgan fingerprint density at radius 1 is 0.880 bits per heavy atom. The molecular weight excluding hydrogens is 661 g/mol. The first-order valence-electron chi connectivity index (χ1n) is 16.7. The van der Waals surface area contributed by atoms with Gasteiger partial charge in [-0.15, -0.1) is 5.06 Å². The Morgan fingerprint density at radius 3 is 2.04 bits per heavy atom. The first-order chi connectivity index (χ1) is 23.0. The minimum absolute atomic E-state index is 0.0571. The number of esters is 1. The fourth-order valence-electron chi connectivity index (χ4n) is 4.77. The van der Waals surface area contributed by atoms with Crippen LogP contribution in [0, 0.1) is 0 Å². The molecule has 1 N–H and O–H groups in total. The monoisotopic (exact) mass is 710 g/mol. The molecule has 0 spiro atoms. The minimum Gasteiger partial charge on any atom is -0.490 e. The third kappa shape index (κ3) is 9.92. The molecule has 2 unspecified atom stereocenters. The molecule has 13 nitrogen and oxygen atoms in total. The number of hydrogen-bond acceptors (Lipinski definition) is 10. The zero-order chi connectivity index (χ0) is 37.2. The number of alkyl carbamates (subject to hydrolysis) is 1. The van der Waals surface area contributed by atoms with Gasteiger partial charge in [0.05, 0.1) is 29.3 Å². The molecule has 0 saturated carbocycles. The van der Waals surface area contributed by atoms with Crippen LogP contribution in [-0.4, -0.2) is 83.6 Å². The molecule has 1 aliphatic rings. The molecule has 0 fully saturated rings. The first kappa shape index (κ1) is 38.5. The number of hydrogen-bond donors (Lipinski definition) is 1. The van der Waals surface area contributed by atoms with Gasteiger partial charge in [0.15, 0.2) is 8.32 Å². The molecule has 3 amide bonds. The van der Waals surface area contributed by atoms with Crippen molar-refractivity contribution in [1.82, 2.24) is 20.2 Å². The fourth-order valence-corrected chi connectivity index (χ4v) is 6.11. The van der Waals surface area contributed by atoms with E-state index in [4.69, 9.17) is 28.6 Å². The summed E-state index contributed by atoms with van der Waals surface area (Å²) in [6, 6.07) is 11.6. The number of ether oxygens (including phenoxy) is 3. The maximum atomic E-state index is 13.2. The van der Waals surface area contributed by atoms with Crippen molar-refractivity contribution in [2.45, 2.75) is 110 Å². The van der Waals surface area contributed by atoms with E-state index in [9.17, 15) is 19.2 Å². The summed E-state index contributed by atoms with van der Waals surface area (Å²) in [5.41, 5.74) is -0.437. The Bertz CT molecular complexity index is 1700. The van der Waals surface area contributed by atoms with Crippen molar-refractivity contribution < 1.29 is 42.7 Å². The number of imide groups is 1. The van der Waals surface area contributed by atoms with Gasteiger partial charge in [-0.3, -0.25) is 14.3 Å². The predicted octanol–water partition coefficient (Wildman–Crippen LogP) is 6.27. The van der Waals surface area contributed by atoms with E-state index in [0.717, 1.165) is 5.39 Å². The van der Waals surface area contributed by atoms with Crippen LogP contribution in [0.25, 0.3) is 10.9 Å². The van der Waals surface area contributed by atoms with E-state index in [0.29, 0.717) is 22.9 Å². The molecule has 3 aromatic rings. The predicted molar refractivity (Wildman–Crippen MR) is 189 cm³/mol. The summed E-state index contributed by atoms with van der Waals surface area (Å²) in [6.07, 6.45) is -0.494. The van der Waals surface area contributed by atoms with Crippen molar-refractivity contribution in [3.63, 3.8) is 0 Å². The Labute approximate surface area is 294 Å². The number of amides is 3. The Hall–Kier alpha value is -4.27. The number of carbonyl (C=O) groups excluding carboxylic acids is 4. The van der Waals surface area contributed by atoms with E-state index in [2.05, 4.69) is 39.2 Å². The van der Waals surface area contributed by atoms with Gasteiger partial charge in [0.25, 0.3) is 11.8 Å². The van der Waals surface area contributed by atoms with Crippen molar-refractivity contribution in [2.24, 2.45) is 0 Å². The van der Waals surface area contributed by atoms with Gasteiger partial charge < -0.3 is 24.0 Å². The van der Waals surface area contributed by atoms with Crippen LogP contribution in [0.2, 0.25) is 18.1 Å². The van der Waals surface area contributed by atoms with E-state index in [1.54, 1.807) is 55.8 Å². The van der Waals surface area contributed by atoms with Crippen LogP contribution in [0.15, 0.2) is 48.7 Å². The second kappa shape index (κ2) is 14.5. The lowest BCUT2D eigenvalue weighted by Gasteiger charge is -2.39. The highest BCUT2D eigenvalue weighted by atomic mass is 28.4. The zero-order valence-electron chi connectivity index (χ0n) is 30.9. The number of benzene rings is 2. The fraction of sp³-hybridized carbons (Fsp3) is 0.528. The maximum absolute atomic E-state index is 13.2. The second-order valence-corrected chi connectivity index (χ2v) is 20.6. The third-order valence-electron chi connectivity index (χ3n) is 8.11. The molecule has 2 heterocycles. The Balaban J connectivity index is 1.50. The SMILES string of the molecule is CC(C)(C)OC(=O)NCC(Cn1cc2cc(OCC(ON3C(=O)c4ccccc4C3=O)C(=O)OC(C)(C)C)ccc2n1)O[Si](C)(C)C(C)(C)C. The molecule has 0 aliphatic carbocycles. The van der Waals surface area contributed by atoms with E-state index in [1.807, 2.05) is 27.0 Å². The van der Waals surface area contributed by atoms with Crippen molar-refractivity contribution in [3.05, 3.63) is 59.8 Å². The highest BCUT2D eigenvalue weighted by Crippen LogP contribution is 2.37. The largest absolute Gasteiger partial charge is 0.490 e. The molecule has 2 aromatic carbocycles. The number of hydroxylamine groups is 2.